The summed E-state index contributed by atoms with van der Waals surface area (Å²) in [5.74, 6) is 0.153. The van der Waals surface area contributed by atoms with Gasteiger partial charge in [-0.1, -0.05) is 0 Å². The number of fused-ring (bicyclic) bond motifs is 1. The van der Waals surface area contributed by atoms with Crippen molar-refractivity contribution in [1.82, 2.24) is 5.32 Å². The van der Waals surface area contributed by atoms with Crippen LogP contribution in [0.3, 0.4) is 0 Å². The van der Waals surface area contributed by atoms with Crippen molar-refractivity contribution in [3.8, 4) is 0 Å². The number of rotatable bonds is 2. The van der Waals surface area contributed by atoms with Gasteiger partial charge in [0.05, 0.1) is 25.4 Å². The second kappa shape index (κ2) is 5.64. The van der Waals surface area contributed by atoms with E-state index in [4.69, 9.17) is 13.9 Å². The Kier molecular flexibility index (Phi) is 3.91. The van der Waals surface area contributed by atoms with E-state index in [1.165, 1.54) is 0 Å². The van der Waals surface area contributed by atoms with Crippen LogP contribution in [0, 0.1) is 0 Å². The molecule has 0 unspecified atom stereocenters. The number of halogens is 1. The van der Waals surface area contributed by atoms with E-state index in [9.17, 15) is 4.79 Å². The predicted octanol–water partition coefficient (Wildman–Crippen LogP) is 2.11. The number of hydrogen-bond acceptors (Lipinski definition) is 4. The monoisotopic (exact) mass is 329 g/mol. The minimum Gasteiger partial charge on any atom is -0.444 e. The van der Waals surface area contributed by atoms with Crippen LogP contribution in [0.25, 0.3) is 0 Å². The Labute approximate surface area is 119 Å². The maximum atomic E-state index is 12.0. The van der Waals surface area contributed by atoms with Gasteiger partial charge in [0.25, 0.3) is 5.91 Å². The molecule has 1 saturated carbocycles. The Morgan fingerprint density at radius 3 is 2.74 bits per heavy atom. The van der Waals surface area contributed by atoms with Crippen molar-refractivity contribution in [3.63, 3.8) is 0 Å². The van der Waals surface area contributed by atoms with Gasteiger partial charge in [0.1, 0.15) is 0 Å². The molecular weight excluding hydrogens is 314 g/mol. The lowest BCUT2D eigenvalue weighted by atomic mass is 9.89. The number of hydrogen-bond donors (Lipinski definition) is 1. The fourth-order valence-electron chi connectivity index (χ4n) is 2.69. The van der Waals surface area contributed by atoms with Gasteiger partial charge in [0.15, 0.2) is 10.4 Å². The summed E-state index contributed by atoms with van der Waals surface area (Å²) in [6.45, 7) is 1.32. The van der Waals surface area contributed by atoms with Gasteiger partial charge in [0, 0.05) is 6.04 Å². The number of ether oxygens (including phenoxy) is 2. The van der Waals surface area contributed by atoms with Crippen molar-refractivity contribution < 1.29 is 18.7 Å². The molecule has 3 rings (SSSR count). The molecule has 1 saturated heterocycles. The number of carbonyl (C=O) groups is 1. The zero-order valence-electron chi connectivity index (χ0n) is 10.4. The van der Waals surface area contributed by atoms with Crippen LogP contribution in [0.5, 0.6) is 0 Å². The number of furan rings is 1. The van der Waals surface area contributed by atoms with Crippen molar-refractivity contribution in [2.45, 2.75) is 37.5 Å². The Hall–Kier alpha value is -0.850. The standard InChI is InChI=1S/C13H16BrNO4/c14-12-4-3-10(19-12)13(16)15-8-1-2-9-11(7-8)18-6-5-17-9/h3-4,8-9,11H,1-2,5-7H2,(H,15,16)/t8-,9+,11-/m1/s1. The molecule has 3 atom stereocenters. The molecule has 0 spiro atoms. The predicted molar refractivity (Wildman–Crippen MR) is 71.0 cm³/mol. The summed E-state index contributed by atoms with van der Waals surface area (Å²) < 4.78 is 17.2. The molecule has 5 nitrogen and oxygen atoms in total. The van der Waals surface area contributed by atoms with E-state index in [1.807, 2.05) is 0 Å². The van der Waals surface area contributed by atoms with E-state index in [1.54, 1.807) is 12.1 Å². The second-order valence-electron chi connectivity index (χ2n) is 4.91. The molecule has 2 fully saturated rings. The van der Waals surface area contributed by atoms with Gasteiger partial charge in [-0.05, 0) is 47.3 Å². The zero-order chi connectivity index (χ0) is 13.2. The molecule has 2 aliphatic rings. The van der Waals surface area contributed by atoms with Crippen molar-refractivity contribution in [3.05, 3.63) is 22.6 Å². The average molecular weight is 330 g/mol. The third-order valence-corrected chi connectivity index (χ3v) is 4.04. The van der Waals surface area contributed by atoms with E-state index in [2.05, 4.69) is 21.2 Å². The Morgan fingerprint density at radius 1 is 1.21 bits per heavy atom. The van der Waals surface area contributed by atoms with Crippen LogP contribution in [0.4, 0.5) is 0 Å². The number of nitrogens with one attached hydrogen (secondary N) is 1. The van der Waals surface area contributed by atoms with Gasteiger partial charge >= 0.3 is 0 Å². The highest BCUT2D eigenvalue weighted by molar-refractivity contribution is 9.10. The Balaban J connectivity index is 1.57. The van der Waals surface area contributed by atoms with Gasteiger partial charge < -0.3 is 19.2 Å². The van der Waals surface area contributed by atoms with E-state index >= 15 is 0 Å². The molecule has 1 aromatic heterocycles. The Bertz CT molecular complexity index is 461. The highest BCUT2D eigenvalue weighted by Crippen LogP contribution is 2.27. The van der Waals surface area contributed by atoms with Crippen LogP contribution in [-0.2, 0) is 9.47 Å². The van der Waals surface area contributed by atoms with E-state index in [-0.39, 0.29) is 24.2 Å². The van der Waals surface area contributed by atoms with E-state index in [0.29, 0.717) is 23.6 Å². The van der Waals surface area contributed by atoms with Crippen LogP contribution in [0.1, 0.15) is 29.8 Å². The second-order valence-corrected chi connectivity index (χ2v) is 5.69. The molecule has 19 heavy (non-hydrogen) atoms. The smallest absolute Gasteiger partial charge is 0.287 e. The van der Waals surface area contributed by atoms with Gasteiger partial charge in [-0.2, -0.15) is 0 Å². The summed E-state index contributed by atoms with van der Waals surface area (Å²) in [5, 5.41) is 2.99. The minimum atomic E-state index is -0.175. The number of carbonyl (C=O) groups excluding carboxylic acids is 1. The third-order valence-electron chi connectivity index (χ3n) is 3.61. The first-order chi connectivity index (χ1) is 9.22. The normalized spacial score (nSPS) is 30.7. The number of amides is 1. The molecule has 0 radical (unpaired) electrons. The van der Waals surface area contributed by atoms with Gasteiger partial charge in [-0.25, -0.2) is 0 Å². The molecule has 2 heterocycles. The molecule has 1 aliphatic heterocycles. The van der Waals surface area contributed by atoms with E-state index in [0.717, 1.165) is 19.3 Å². The molecule has 1 N–H and O–H groups in total. The lowest BCUT2D eigenvalue weighted by molar-refractivity contribution is -0.157. The summed E-state index contributed by atoms with van der Waals surface area (Å²) in [5.41, 5.74) is 0. The van der Waals surface area contributed by atoms with Crippen molar-refractivity contribution >= 4 is 21.8 Å². The highest BCUT2D eigenvalue weighted by Gasteiger charge is 2.34. The summed E-state index contributed by atoms with van der Waals surface area (Å²) >= 11 is 3.19. The van der Waals surface area contributed by atoms with Crippen LogP contribution >= 0.6 is 15.9 Å². The van der Waals surface area contributed by atoms with Crippen LogP contribution in [0.2, 0.25) is 0 Å². The zero-order valence-corrected chi connectivity index (χ0v) is 12.0. The van der Waals surface area contributed by atoms with Crippen molar-refractivity contribution in [1.29, 1.82) is 0 Å². The van der Waals surface area contributed by atoms with Gasteiger partial charge in [-0.3, -0.25) is 4.79 Å². The molecule has 1 amide bonds. The first-order valence-corrected chi connectivity index (χ1v) is 7.31. The average Bonchev–Trinajstić information content (AvgIpc) is 2.85. The third kappa shape index (κ3) is 3.01. The lowest BCUT2D eigenvalue weighted by Gasteiger charge is -2.38. The van der Waals surface area contributed by atoms with Crippen molar-refractivity contribution in [2.24, 2.45) is 0 Å². The molecule has 1 aliphatic carbocycles. The van der Waals surface area contributed by atoms with Crippen molar-refractivity contribution in [2.75, 3.05) is 13.2 Å². The SMILES string of the molecule is O=C(N[C@@H]1CC[C@@H]2OCCO[C@@H]2C1)c1ccc(Br)o1. The quantitative estimate of drug-likeness (QED) is 0.902. The molecule has 0 aromatic carbocycles. The summed E-state index contributed by atoms with van der Waals surface area (Å²) in [7, 11) is 0. The minimum absolute atomic E-state index is 0.108. The maximum absolute atomic E-state index is 12.0. The van der Waals surface area contributed by atoms with Crippen LogP contribution in [0.15, 0.2) is 21.2 Å². The van der Waals surface area contributed by atoms with Gasteiger partial charge in [0.2, 0.25) is 0 Å². The topological polar surface area (TPSA) is 60.7 Å². The Morgan fingerprint density at radius 2 is 2.00 bits per heavy atom. The maximum Gasteiger partial charge on any atom is 0.287 e. The first kappa shape index (κ1) is 13.1. The molecule has 0 bridgehead atoms. The fourth-order valence-corrected chi connectivity index (χ4v) is 3.00. The molecule has 6 heteroatoms. The first-order valence-electron chi connectivity index (χ1n) is 6.52. The lowest BCUT2D eigenvalue weighted by Crippen LogP contribution is -2.49. The molecular formula is C13H16BrNO4. The van der Waals surface area contributed by atoms with Crippen LogP contribution < -0.4 is 5.32 Å². The summed E-state index contributed by atoms with van der Waals surface area (Å²) in [6.07, 6.45) is 2.95. The molecule has 104 valence electrons. The molecule has 1 aromatic rings. The summed E-state index contributed by atoms with van der Waals surface area (Å²) in [6, 6.07) is 3.49. The van der Waals surface area contributed by atoms with Gasteiger partial charge in [-0.15, -0.1) is 0 Å². The fraction of sp³-hybridized carbons (Fsp3) is 0.615. The van der Waals surface area contributed by atoms with Crippen LogP contribution in [-0.4, -0.2) is 37.4 Å². The van der Waals surface area contributed by atoms with E-state index < -0.39 is 0 Å². The largest absolute Gasteiger partial charge is 0.444 e. The highest BCUT2D eigenvalue weighted by atomic mass is 79.9. The summed E-state index contributed by atoms with van der Waals surface area (Å²) in [4.78, 5) is 12.0.